The Bertz CT molecular complexity index is 864. The quantitative estimate of drug-likeness (QED) is 0.410. The van der Waals surface area contributed by atoms with Crippen molar-refractivity contribution in [1.82, 2.24) is 5.32 Å². The molecule has 0 spiro atoms. The lowest BCUT2D eigenvalue weighted by Gasteiger charge is -2.15. The Hall–Kier alpha value is -3.23. The maximum atomic E-state index is 11.0. The molecule has 8 nitrogen and oxygen atoms in total. The monoisotopic (exact) mass is 384 g/mol. The lowest BCUT2D eigenvalue weighted by molar-refractivity contribution is -0.146. The average molecular weight is 384 g/mol. The van der Waals surface area contributed by atoms with Crippen LogP contribution in [0.4, 0.5) is 0 Å². The third kappa shape index (κ3) is 4.36. The summed E-state index contributed by atoms with van der Waals surface area (Å²) in [5, 5.41) is 34.4. The first-order chi connectivity index (χ1) is 13.5. The molecule has 2 aromatic carbocycles. The van der Waals surface area contributed by atoms with Crippen LogP contribution in [0.5, 0.6) is 0 Å². The van der Waals surface area contributed by atoms with E-state index in [0.717, 1.165) is 22.3 Å². The fraction of sp³-hybridized carbons (Fsp3) is 0.250. The van der Waals surface area contributed by atoms with Crippen LogP contribution in [-0.4, -0.2) is 58.3 Å². The molecule has 0 unspecified atom stereocenters. The third-order valence-electron chi connectivity index (χ3n) is 4.35. The Morgan fingerprint density at radius 1 is 0.964 bits per heavy atom. The van der Waals surface area contributed by atoms with E-state index in [1.54, 1.807) is 0 Å². The van der Waals surface area contributed by atoms with Crippen molar-refractivity contribution in [3.8, 4) is 11.1 Å². The highest BCUT2D eigenvalue weighted by atomic mass is 16.6. The lowest BCUT2D eigenvalue weighted by Crippen LogP contribution is -2.43. The summed E-state index contributed by atoms with van der Waals surface area (Å²) >= 11 is 0. The number of rotatable bonds is 9. The number of carboxylic acid groups (broad SMARTS) is 2. The maximum absolute atomic E-state index is 11.0. The molecule has 0 aliphatic heterocycles. The van der Waals surface area contributed by atoms with E-state index < -0.39 is 30.5 Å². The summed E-state index contributed by atoms with van der Waals surface area (Å²) in [6, 6.07) is 14.3. The second kappa shape index (κ2) is 8.64. The number of aliphatic hydroxyl groups excluding tert-OH is 1. The summed E-state index contributed by atoms with van der Waals surface area (Å²) < 4.78 is 0. The van der Waals surface area contributed by atoms with Gasteiger partial charge < -0.3 is 25.5 Å². The van der Waals surface area contributed by atoms with E-state index in [1.807, 2.05) is 48.5 Å². The Morgan fingerprint density at radius 2 is 1.50 bits per heavy atom. The molecule has 0 amide bonds. The first-order valence-corrected chi connectivity index (χ1v) is 8.72. The van der Waals surface area contributed by atoms with E-state index in [-0.39, 0.29) is 13.2 Å². The van der Waals surface area contributed by atoms with Crippen LogP contribution >= 0.6 is 0 Å². The third-order valence-corrected chi connectivity index (χ3v) is 4.35. The highest BCUT2D eigenvalue weighted by Gasteiger charge is 2.25. The van der Waals surface area contributed by atoms with Gasteiger partial charge in [-0.05, 0) is 11.1 Å². The number of hydrogen-bond acceptors (Lipinski definition) is 6. The van der Waals surface area contributed by atoms with Gasteiger partial charge in [-0.2, -0.15) is 0 Å². The molecule has 0 fully saturated rings. The molecule has 8 heteroatoms. The van der Waals surface area contributed by atoms with Crippen LogP contribution < -0.4 is 5.32 Å². The molecule has 0 bridgehead atoms. The molecule has 2 aromatic rings. The molecule has 0 aromatic heterocycles. The molecule has 3 rings (SSSR count). The summed E-state index contributed by atoms with van der Waals surface area (Å²) in [7, 11) is 0. The highest BCUT2D eigenvalue weighted by molar-refractivity contribution is 6.24. The Labute approximate surface area is 161 Å². The molecule has 4 N–H and O–H groups in total. The van der Waals surface area contributed by atoms with Gasteiger partial charge in [-0.15, -0.1) is 0 Å². The Morgan fingerprint density at radius 3 is 2.00 bits per heavy atom. The van der Waals surface area contributed by atoms with Crippen LogP contribution in [-0.2, 0) is 14.4 Å². The smallest absolute Gasteiger partial charge is 0.321 e. The fourth-order valence-corrected chi connectivity index (χ4v) is 3.04. The van der Waals surface area contributed by atoms with Crippen molar-refractivity contribution in [1.29, 1.82) is 0 Å². The van der Waals surface area contributed by atoms with Gasteiger partial charge in [0.1, 0.15) is 24.5 Å². The summed E-state index contributed by atoms with van der Waals surface area (Å²) in [6.45, 7) is -0.303. The zero-order valence-corrected chi connectivity index (χ0v) is 14.9. The molecule has 0 saturated heterocycles. The number of oxime groups is 1. The van der Waals surface area contributed by atoms with Gasteiger partial charge in [-0.25, -0.2) is 0 Å². The van der Waals surface area contributed by atoms with E-state index in [2.05, 4.69) is 10.5 Å². The SMILES string of the molecule is O=C(O)C[C@@H](NC[C@@H](O)CON=C1c2ccccc2-c2ccccc21)C(=O)O. The van der Waals surface area contributed by atoms with Gasteiger partial charge in [0.2, 0.25) is 0 Å². The molecule has 2 atom stereocenters. The van der Waals surface area contributed by atoms with Crippen molar-refractivity contribution in [2.24, 2.45) is 5.16 Å². The van der Waals surface area contributed by atoms with Crippen LogP contribution in [0.25, 0.3) is 11.1 Å². The molecule has 0 saturated carbocycles. The van der Waals surface area contributed by atoms with Crippen LogP contribution in [0, 0.1) is 0 Å². The number of hydrogen-bond donors (Lipinski definition) is 4. The standard InChI is InChI=1S/C20H20N2O6/c23-12(10-21-17(20(26)27)9-18(24)25)11-28-22-19-15-7-3-1-5-13(15)14-6-2-4-8-16(14)19/h1-8,12,17,21,23H,9-11H2,(H,24,25)(H,26,27)/t12-,17-/m1/s1. The van der Waals surface area contributed by atoms with E-state index in [4.69, 9.17) is 15.1 Å². The number of aliphatic hydroxyl groups is 1. The summed E-state index contributed by atoms with van der Waals surface area (Å²) in [4.78, 5) is 27.0. The average Bonchev–Trinajstić information content (AvgIpc) is 2.99. The Balaban J connectivity index is 1.62. The van der Waals surface area contributed by atoms with Crippen molar-refractivity contribution >= 4 is 17.7 Å². The molecule has 0 radical (unpaired) electrons. The van der Waals surface area contributed by atoms with E-state index in [9.17, 15) is 14.7 Å². The van der Waals surface area contributed by atoms with Crippen LogP contribution in [0.15, 0.2) is 53.7 Å². The zero-order chi connectivity index (χ0) is 20.1. The lowest BCUT2D eigenvalue weighted by atomic mass is 10.1. The number of nitrogens with zero attached hydrogens (tertiary/aromatic N) is 1. The molecular formula is C20H20N2O6. The second-order valence-corrected chi connectivity index (χ2v) is 6.38. The summed E-state index contributed by atoms with van der Waals surface area (Å²) in [5.41, 5.74) is 4.65. The second-order valence-electron chi connectivity index (χ2n) is 6.38. The van der Waals surface area contributed by atoms with Gasteiger partial charge in [0, 0.05) is 17.7 Å². The first-order valence-electron chi connectivity index (χ1n) is 8.72. The fourth-order valence-electron chi connectivity index (χ4n) is 3.04. The van der Waals surface area contributed by atoms with Crippen LogP contribution in [0.3, 0.4) is 0 Å². The van der Waals surface area contributed by atoms with Gasteiger partial charge in [0.05, 0.1) is 6.42 Å². The van der Waals surface area contributed by atoms with E-state index >= 15 is 0 Å². The first kappa shape index (κ1) is 19.5. The van der Waals surface area contributed by atoms with Crippen LogP contribution in [0.1, 0.15) is 17.5 Å². The van der Waals surface area contributed by atoms with Crippen molar-refractivity contribution < 1.29 is 29.7 Å². The largest absolute Gasteiger partial charge is 0.481 e. The van der Waals surface area contributed by atoms with Crippen molar-refractivity contribution in [3.63, 3.8) is 0 Å². The van der Waals surface area contributed by atoms with Gasteiger partial charge >= 0.3 is 11.9 Å². The zero-order valence-electron chi connectivity index (χ0n) is 14.9. The molecular weight excluding hydrogens is 364 g/mol. The predicted molar refractivity (Wildman–Crippen MR) is 101 cm³/mol. The maximum Gasteiger partial charge on any atom is 0.321 e. The molecule has 146 valence electrons. The van der Waals surface area contributed by atoms with Gasteiger partial charge in [-0.1, -0.05) is 53.7 Å². The predicted octanol–water partition coefficient (Wildman–Crippen LogP) is 1.31. The van der Waals surface area contributed by atoms with Crippen molar-refractivity contribution in [2.75, 3.05) is 13.2 Å². The number of carbonyl (C=O) groups is 2. The van der Waals surface area contributed by atoms with Crippen LogP contribution in [0.2, 0.25) is 0 Å². The van der Waals surface area contributed by atoms with E-state index in [1.165, 1.54) is 0 Å². The number of aliphatic carboxylic acids is 2. The number of fused-ring (bicyclic) bond motifs is 3. The minimum atomic E-state index is -1.30. The highest BCUT2D eigenvalue weighted by Crippen LogP contribution is 2.36. The molecule has 0 heterocycles. The number of carboxylic acids is 2. The van der Waals surface area contributed by atoms with Gasteiger partial charge in [-0.3, -0.25) is 9.59 Å². The molecule has 28 heavy (non-hydrogen) atoms. The molecule has 1 aliphatic rings. The minimum absolute atomic E-state index is 0.137. The summed E-state index contributed by atoms with van der Waals surface area (Å²) in [6.07, 6.45) is -1.63. The van der Waals surface area contributed by atoms with E-state index in [0.29, 0.717) is 5.71 Å². The number of benzene rings is 2. The normalized spacial score (nSPS) is 14.0. The topological polar surface area (TPSA) is 128 Å². The minimum Gasteiger partial charge on any atom is -0.481 e. The van der Waals surface area contributed by atoms with Gasteiger partial charge in [0.15, 0.2) is 0 Å². The molecule has 1 aliphatic carbocycles. The summed E-state index contributed by atoms with van der Waals surface area (Å²) in [5.74, 6) is -2.54. The Kier molecular flexibility index (Phi) is 6.03. The van der Waals surface area contributed by atoms with Crippen molar-refractivity contribution in [2.45, 2.75) is 18.6 Å². The van der Waals surface area contributed by atoms with Crippen molar-refractivity contribution in [3.05, 3.63) is 59.7 Å². The van der Waals surface area contributed by atoms with Gasteiger partial charge in [0.25, 0.3) is 0 Å². The number of nitrogens with one attached hydrogen (secondary N) is 1.